The Labute approximate surface area is 94.6 Å². The van der Waals surface area contributed by atoms with Gasteiger partial charge in [-0.15, -0.1) is 0 Å². The largest absolute Gasteiger partial charge is 0.504 e. The van der Waals surface area contributed by atoms with Crippen LogP contribution >= 0.6 is 0 Å². The van der Waals surface area contributed by atoms with E-state index in [-0.39, 0.29) is 5.56 Å². The summed E-state index contributed by atoms with van der Waals surface area (Å²) in [6.45, 7) is 0. The van der Waals surface area contributed by atoms with E-state index in [1.165, 1.54) is 6.08 Å². The number of nitrogens with zero attached hydrogens (tertiary/aromatic N) is 1. The van der Waals surface area contributed by atoms with Gasteiger partial charge in [-0.25, -0.2) is 13.6 Å². The van der Waals surface area contributed by atoms with Crippen LogP contribution in [0.15, 0.2) is 11.1 Å². The number of hydrogen-bond donors (Lipinski definition) is 1. The lowest BCUT2D eigenvalue weighted by atomic mass is 9.72. The van der Waals surface area contributed by atoms with Gasteiger partial charge in [0.05, 0.1) is 0 Å². The number of phenols is 1. The summed E-state index contributed by atoms with van der Waals surface area (Å²) in [5.41, 5.74) is -1.37. The number of carbonyl (C=O) groups excluding carboxylic acids is 1. The first kappa shape index (κ1) is 11.7. The van der Waals surface area contributed by atoms with Crippen molar-refractivity contribution in [3.63, 3.8) is 0 Å². The van der Waals surface area contributed by atoms with E-state index in [9.17, 15) is 23.1 Å². The Balaban J connectivity index is 2.63. The molecule has 0 heterocycles. The number of halogens is 3. The topological polar surface area (TPSA) is 49.7 Å². The van der Waals surface area contributed by atoms with Crippen LogP contribution in [0.3, 0.4) is 0 Å². The van der Waals surface area contributed by atoms with Gasteiger partial charge in [-0.2, -0.15) is 9.38 Å². The van der Waals surface area contributed by atoms with Gasteiger partial charge in [0, 0.05) is 5.56 Å². The van der Waals surface area contributed by atoms with Gasteiger partial charge >= 0.3 is 0 Å². The lowest BCUT2D eigenvalue weighted by Gasteiger charge is -2.37. The molecule has 0 radical (unpaired) electrons. The maximum absolute atomic E-state index is 13.2. The quantitative estimate of drug-likeness (QED) is 0.493. The van der Waals surface area contributed by atoms with Crippen LogP contribution < -0.4 is 0 Å². The second kappa shape index (κ2) is 3.89. The van der Waals surface area contributed by atoms with Crippen molar-refractivity contribution in [3.8, 4) is 5.75 Å². The highest BCUT2D eigenvalue weighted by Crippen LogP contribution is 2.48. The fourth-order valence-corrected chi connectivity index (χ4v) is 1.98. The van der Waals surface area contributed by atoms with Crippen molar-refractivity contribution in [1.29, 1.82) is 0 Å². The zero-order valence-electron chi connectivity index (χ0n) is 8.64. The van der Waals surface area contributed by atoms with Crippen molar-refractivity contribution in [3.05, 3.63) is 29.1 Å². The van der Waals surface area contributed by atoms with Crippen LogP contribution in [0, 0.1) is 17.5 Å². The van der Waals surface area contributed by atoms with E-state index in [2.05, 4.69) is 4.99 Å². The van der Waals surface area contributed by atoms with Crippen LogP contribution in [-0.2, 0) is 10.3 Å². The molecule has 1 aromatic rings. The summed E-state index contributed by atoms with van der Waals surface area (Å²) in [5, 5.41) is 9.46. The number of aromatic hydroxyl groups is 1. The number of phenolic OH excluding ortho intramolecular Hbond substituents is 1. The fourth-order valence-electron chi connectivity index (χ4n) is 1.98. The lowest BCUT2D eigenvalue weighted by Crippen LogP contribution is -2.32. The van der Waals surface area contributed by atoms with Crippen molar-refractivity contribution >= 4 is 6.08 Å². The number of benzene rings is 1. The summed E-state index contributed by atoms with van der Waals surface area (Å²) in [5.74, 6) is -5.81. The summed E-state index contributed by atoms with van der Waals surface area (Å²) >= 11 is 0. The molecule has 1 fully saturated rings. The van der Waals surface area contributed by atoms with Gasteiger partial charge in [0.2, 0.25) is 11.9 Å². The third kappa shape index (κ3) is 1.61. The molecule has 90 valence electrons. The fraction of sp³-hybridized carbons (Fsp3) is 0.364. The maximum atomic E-state index is 13.2. The molecule has 0 saturated heterocycles. The van der Waals surface area contributed by atoms with Crippen molar-refractivity contribution in [2.24, 2.45) is 4.99 Å². The Hall–Kier alpha value is -1.81. The third-order valence-electron chi connectivity index (χ3n) is 3.08. The van der Waals surface area contributed by atoms with E-state index in [1.54, 1.807) is 0 Å². The average Bonchev–Trinajstić information content (AvgIpc) is 2.26. The highest BCUT2D eigenvalue weighted by molar-refractivity contribution is 5.46. The molecule has 0 bridgehead atoms. The summed E-state index contributed by atoms with van der Waals surface area (Å²) in [4.78, 5) is 13.8. The smallest absolute Gasteiger partial charge is 0.235 e. The van der Waals surface area contributed by atoms with E-state index in [1.807, 2.05) is 0 Å². The standard InChI is InChI=1S/C11H8F3NO2/c12-7-4-6(10(17)9(14)8(7)13)11(15-5-16)2-1-3-11/h4,17H,1-3H2. The Morgan fingerprint density at radius 1 is 1.29 bits per heavy atom. The molecule has 1 N–H and O–H groups in total. The van der Waals surface area contributed by atoms with Crippen LogP contribution in [0.5, 0.6) is 5.75 Å². The Morgan fingerprint density at radius 3 is 2.41 bits per heavy atom. The lowest BCUT2D eigenvalue weighted by molar-refractivity contribution is 0.241. The van der Waals surface area contributed by atoms with Crippen molar-refractivity contribution in [2.75, 3.05) is 0 Å². The zero-order chi connectivity index (χ0) is 12.6. The predicted octanol–water partition coefficient (Wildman–Crippen LogP) is 2.52. The Bertz CT molecular complexity index is 520. The van der Waals surface area contributed by atoms with Crippen LogP contribution in [0.4, 0.5) is 13.2 Å². The molecule has 0 aliphatic heterocycles. The molecule has 2 rings (SSSR count). The summed E-state index contributed by atoms with van der Waals surface area (Å²) in [7, 11) is 0. The summed E-state index contributed by atoms with van der Waals surface area (Å²) < 4.78 is 39.1. The molecule has 0 amide bonds. The molecule has 0 unspecified atom stereocenters. The van der Waals surface area contributed by atoms with E-state index >= 15 is 0 Å². The predicted molar refractivity (Wildman–Crippen MR) is 51.6 cm³/mol. The average molecular weight is 243 g/mol. The zero-order valence-corrected chi connectivity index (χ0v) is 8.64. The van der Waals surface area contributed by atoms with Gasteiger partial charge in [-0.1, -0.05) is 0 Å². The molecule has 17 heavy (non-hydrogen) atoms. The molecule has 0 aromatic heterocycles. The van der Waals surface area contributed by atoms with Gasteiger partial charge in [-0.3, -0.25) is 0 Å². The molecule has 1 aliphatic carbocycles. The minimum atomic E-state index is -1.74. The van der Waals surface area contributed by atoms with Gasteiger partial charge in [0.25, 0.3) is 0 Å². The van der Waals surface area contributed by atoms with Crippen LogP contribution in [0.1, 0.15) is 24.8 Å². The van der Waals surface area contributed by atoms with Crippen molar-refractivity contribution < 1.29 is 23.1 Å². The van der Waals surface area contributed by atoms with E-state index in [0.29, 0.717) is 25.3 Å². The monoisotopic (exact) mass is 243 g/mol. The molecule has 1 aliphatic rings. The normalized spacial score (nSPS) is 17.1. The van der Waals surface area contributed by atoms with Gasteiger partial charge in [-0.05, 0) is 25.3 Å². The Morgan fingerprint density at radius 2 is 1.94 bits per heavy atom. The second-order valence-corrected chi connectivity index (χ2v) is 3.97. The first-order chi connectivity index (χ1) is 8.02. The van der Waals surface area contributed by atoms with Crippen LogP contribution in [0.2, 0.25) is 0 Å². The Kier molecular flexibility index (Phi) is 2.67. The molecule has 1 aromatic carbocycles. The van der Waals surface area contributed by atoms with Gasteiger partial charge < -0.3 is 5.11 Å². The summed E-state index contributed by atoms with van der Waals surface area (Å²) in [6, 6.07) is 0.674. The molecule has 0 atom stereocenters. The number of rotatable bonds is 2. The highest BCUT2D eigenvalue weighted by Gasteiger charge is 2.42. The van der Waals surface area contributed by atoms with Crippen molar-refractivity contribution in [2.45, 2.75) is 24.8 Å². The van der Waals surface area contributed by atoms with E-state index in [0.717, 1.165) is 0 Å². The third-order valence-corrected chi connectivity index (χ3v) is 3.08. The van der Waals surface area contributed by atoms with Crippen LogP contribution in [0.25, 0.3) is 0 Å². The van der Waals surface area contributed by atoms with E-state index < -0.39 is 28.7 Å². The number of isocyanates is 1. The number of aliphatic imine (C=N–C) groups is 1. The molecular weight excluding hydrogens is 235 g/mol. The molecule has 0 spiro atoms. The maximum Gasteiger partial charge on any atom is 0.235 e. The first-order valence-corrected chi connectivity index (χ1v) is 4.98. The summed E-state index contributed by atoms with van der Waals surface area (Å²) in [6.07, 6.45) is 2.74. The first-order valence-electron chi connectivity index (χ1n) is 4.98. The molecular formula is C11H8F3NO2. The minimum Gasteiger partial charge on any atom is -0.504 e. The SMILES string of the molecule is O=C=NC1(c2cc(F)c(F)c(F)c2O)CCC1. The minimum absolute atomic E-state index is 0.205. The van der Waals surface area contributed by atoms with E-state index in [4.69, 9.17) is 0 Å². The second-order valence-electron chi connectivity index (χ2n) is 3.97. The van der Waals surface area contributed by atoms with Gasteiger partial charge in [0.1, 0.15) is 5.54 Å². The molecule has 6 heteroatoms. The van der Waals surface area contributed by atoms with Crippen molar-refractivity contribution in [1.82, 2.24) is 0 Å². The molecule has 3 nitrogen and oxygen atoms in total. The molecule has 1 saturated carbocycles. The van der Waals surface area contributed by atoms with Gasteiger partial charge in [0.15, 0.2) is 17.4 Å². The number of hydrogen-bond acceptors (Lipinski definition) is 3. The highest BCUT2D eigenvalue weighted by atomic mass is 19.2. The van der Waals surface area contributed by atoms with Crippen LogP contribution in [-0.4, -0.2) is 11.2 Å².